The second-order valence-corrected chi connectivity index (χ2v) is 3.83. The largest absolute Gasteiger partial charge is 0.395 e. The van der Waals surface area contributed by atoms with Gasteiger partial charge in [-0.05, 0) is 19.4 Å². The van der Waals surface area contributed by atoms with Gasteiger partial charge < -0.3 is 9.67 Å². The molecule has 1 aliphatic heterocycles. The highest BCUT2D eigenvalue weighted by Gasteiger charge is 2.19. The molecule has 1 aromatic rings. The summed E-state index contributed by atoms with van der Waals surface area (Å²) >= 11 is 0. The summed E-state index contributed by atoms with van der Waals surface area (Å²) in [4.78, 5) is 6.38. The smallest absolute Gasteiger partial charge is 0.0948 e. The Hall–Kier alpha value is -0.870. The lowest BCUT2D eigenvalue weighted by Gasteiger charge is -2.32. The molecule has 0 saturated carbocycles. The molecule has 0 aliphatic carbocycles. The number of rotatable bonds is 3. The van der Waals surface area contributed by atoms with Crippen LogP contribution in [0.25, 0.3) is 0 Å². The predicted molar refractivity (Wildman–Crippen MR) is 54.0 cm³/mol. The lowest BCUT2D eigenvalue weighted by Crippen LogP contribution is -2.37. The van der Waals surface area contributed by atoms with E-state index in [4.69, 9.17) is 5.11 Å². The number of aromatic nitrogens is 2. The first-order chi connectivity index (χ1) is 6.90. The molecule has 1 N–H and O–H groups in total. The fraction of sp³-hybridized carbons (Fsp3) is 0.700. The Morgan fingerprint density at radius 2 is 2.43 bits per heavy atom. The van der Waals surface area contributed by atoms with Crippen LogP contribution in [0.1, 0.15) is 18.9 Å². The molecule has 1 unspecified atom stereocenters. The number of aliphatic hydroxyl groups excluding tert-OH is 1. The molecule has 0 radical (unpaired) electrons. The van der Waals surface area contributed by atoms with Gasteiger partial charge in [-0.25, -0.2) is 4.98 Å². The molecule has 0 spiro atoms. The quantitative estimate of drug-likeness (QED) is 0.764. The fourth-order valence-corrected chi connectivity index (χ4v) is 2.10. The van der Waals surface area contributed by atoms with Crippen LogP contribution in [-0.4, -0.2) is 45.8 Å². The maximum atomic E-state index is 8.87. The first kappa shape index (κ1) is 9.68. The Balaban J connectivity index is 1.94. The van der Waals surface area contributed by atoms with Crippen LogP contribution in [0.3, 0.4) is 0 Å². The third kappa shape index (κ3) is 2.13. The summed E-state index contributed by atoms with van der Waals surface area (Å²) in [6.45, 7) is 3.21. The molecule has 2 rings (SSSR count). The second kappa shape index (κ2) is 4.57. The van der Waals surface area contributed by atoms with Crippen molar-refractivity contribution in [1.29, 1.82) is 0 Å². The van der Waals surface area contributed by atoms with Gasteiger partial charge in [-0.15, -0.1) is 0 Å². The summed E-state index contributed by atoms with van der Waals surface area (Å²) in [6, 6.07) is 0.540. The highest BCUT2D eigenvalue weighted by Crippen LogP contribution is 2.20. The van der Waals surface area contributed by atoms with Crippen molar-refractivity contribution < 1.29 is 5.11 Å². The summed E-state index contributed by atoms with van der Waals surface area (Å²) in [5, 5.41) is 8.87. The van der Waals surface area contributed by atoms with Crippen molar-refractivity contribution in [3.8, 4) is 0 Å². The normalized spacial score (nSPS) is 23.9. The predicted octanol–water partition coefficient (Wildman–Crippen LogP) is 0.512. The van der Waals surface area contributed by atoms with Crippen molar-refractivity contribution in [2.24, 2.45) is 0 Å². The zero-order valence-corrected chi connectivity index (χ0v) is 8.34. The molecule has 78 valence electrons. The Labute approximate surface area is 84.2 Å². The minimum absolute atomic E-state index is 0.261. The third-order valence-corrected chi connectivity index (χ3v) is 2.84. The van der Waals surface area contributed by atoms with Crippen LogP contribution >= 0.6 is 0 Å². The maximum Gasteiger partial charge on any atom is 0.0948 e. The van der Waals surface area contributed by atoms with Crippen molar-refractivity contribution >= 4 is 0 Å². The number of hydrogen-bond donors (Lipinski definition) is 1. The molecule has 2 heterocycles. The van der Waals surface area contributed by atoms with Gasteiger partial charge in [0, 0.05) is 31.5 Å². The molecule has 0 bridgehead atoms. The second-order valence-electron chi connectivity index (χ2n) is 3.83. The van der Waals surface area contributed by atoms with E-state index in [-0.39, 0.29) is 6.61 Å². The van der Waals surface area contributed by atoms with E-state index in [2.05, 4.69) is 14.5 Å². The number of piperidine rings is 1. The van der Waals surface area contributed by atoms with E-state index in [1.165, 1.54) is 12.8 Å². The van der Waals surface area contributed by atoms with Gasteiger partial charge in [0.15, 0.2) is 0 Å². The number of aliphatic hydroxyl groups is 1. The SMILES string of the molecule is OCCN1CCCC(n2ccnc2)C1. The van der Waals surface area contributed by atoms with Crippen LogP contribution in [0.15, 0.2) is 18.7 Å². The van der Waals surface area contributed by atoms with Crippen molar-refractivity contribution in [2.75, 3.05) is 26.2 Å². The number of imidazole rings is 1. The number of hydrogen-bond acceptors (Lipinski definition) is 3. The van der Waals surface area contributed by atoms with Crippen molar-refractivity contribution in [3.05, 3.63) is 18.7 Å². The monoisotopic (exact) mass is 195 g/mol. The summed E-state index contributed by atoms with van der Waals surface area (Å²) in [5.41, 5.74) is 0. The molecule has 1 saturated heterocycles. The number of β-amino-alcohol motifs (C(OH)–C–C–N with tert-alkyl or cyclic N) is 1. The molecule has 1 aliphatic rings. The third-order valence-electron chi connectivity index (χ3n) is 2.84. The van der Waals surface area contributed by atoms with E-state index in [1.54, 1.807) is 0 Å². The molecular formula is C10H17N3O. The van der Waals surface area contributed by atoms with E-state index in [0.717, 1.165) is 19.6 Å². The molecule has 1 atom stereocenters. The molecule has 1 aromatic heterocycles. The Bertz CT molecular complexity index is 258. The van der Waals surface area contributed by atoms with Gasteiger partial charge in [-0.1, -0.05) is 0 Å². The molecule has 4 heteroatoms. The first-order valence-electron chi connectivity index (χ1n) is 5.21. The number of likely N-dealkylation sites (tertiary alicyclic amines) is 1. The zero-order valence-electron chi connectivity index (χ0n) is 8.34. The molecule has 0 amide bonds. The summed E-state index contributed by atoms with van der Waals surface area (Å²) in [6.07, 6.45) is 8.16. The van der Waals surface area contributed by atoms with Gasteiger partial charge in [0.1, 0.15) is 0 Å². The molecular weight excluding hydrogens is 178 g/mol. The van der Waals surface area contributed by atoms with E-state index >= 15 is 0 Å². The van der Waals surface area contributed by atoms with E-state index in [1.807, 2.05) is 18.7 Å². The lowest BCUT2D eigenvalue weighted by atomic mass is 10.1. The first-order valence-corrected chi connectivity index (χ1v) is 5.21. The highest BCUT2D eigenvalue weighted by atomic mass is 16.3. The minimum atomic E-state index is 0.261. The highest BCUT2D eigenvalue weighted by molar-refractivity contribution is 4.84. The molecule has 4 nitrogen and oxygen atoms in total. The van der Waals surface area contributed by atoms with Crippen LogP contribution in [0, 0.1) is 0 Å². The maximum absolute atomic E-state index is 8.87. The van der Waals surface area contributed by atoms with Crippen LogP contribution in [-0.2, 0) is 0 Å². The van der Waals surface area contributed by atoms with Crippen LogP contribution in [0.2, 0.25) is 0 Å². The van der Waals surface area contributed by atoms with Gasteiger partial charge in [0.25, 0.3) is 0 Å². The van der Waals surface area contributed by atoms with Crippen molar-refractivity contribution in [2.45, 2.75) is 18.9 Å². The van der Waals surface area contributed by atoms with Gasteiger partial charge in [0.05, 0.1) is 12.9 Å². The van der Waals surface area contributed by atoms with Gasteiger partial charge in [-0.3, -0.25) is 4.90 Å². The Morgan fingerprint density at radius 3 is 3.14 bits per heavy atom. The molecule has 1 fully saturated rings. The number of nitrogens with zero attached hydrogens (tertiary/aromatic N) is 3. The van der Waals surface area contributed by atoms with E-state index < -0.39 is 0 Å². The average Bonchev–Trinajstić information content (AvgIpc) is 2.71. The fourth-order valence-electron chi connectivity index (χ4n) is 2.10. The van der Waals surface area contributed by atoms with Gasteiger partial charge in [-0.2, -0.15) is 0 Å². The van der Waals surface area contributed by atoms with Crippen LogP contribution in [0.5, 0.6) is 0 Å². The molecule has 0 aromatic carbocycles. The minimum Gasteiger partial charge on any atom is -0.395 e. The Morgan fingerprint density at radius 1 is 1.50 bits per heavy atom. The Kier molecular flexibility index (Phi) is 3.16. The summed E-state index contributed by atoms with van der Waals surface area (Å²) < 4.78 is 2.17. The van der Waals surface area contributed by atoms with Crippen molar-refractivity contribution in [1.82, 2.24) is 14.5 Å². The van der Waals surface area contributed by atoms with Gasteiger partial charge >= 0.3 is 0 Å². The zero-order chi connectivity index (χ0) is 9.80. The average molecular weight is 195 g/mol. The van der Waals surface area contributed by atoms with Crippen LogP contribution in [0.4, 0.5) is 0 Å². The van der Waals surface area contributed by atoms with Crippen LogP contribution < -0.4 is 0 Å². The standard InChI is InChI=1S/C10H17N3O/c14-7-6-12-4-1-2-10(8-12)13-5-3-11-9-13/h3,5,9-10,14H,1-2,4,6-8H2. The molecule has 14 heavy (non-hydrogen) atoms. The summed E-state index contributed by atoms with van der Waals surface area (Å²) in [7, 11) is 0. The van der Waals surface area contributed by atoms with Crippen molar-refractivity contribution in [3.63, 3.8) is 0 Å². The topological polar surface area (TPSA) is 41.3 Å². The lowest BCUT2D eigenvalue weighted by molar-refractivity contribution is 0.142. The van der Waals surface area contributed by atoms with Gasteiger partial charge in [0.2, 0.25) is 0 Å². The van der Waals surface area contributed by atoms with E-state index in [0.29, 0.717) is 6.04 Å². The van der Waals surface area contributed by atoms with E-state index in [9.17, 15) is 0 Å². The summed E-state index contributed by atoms with van der Waals surface area (Å²) in [5.74, 6) is 0.